The third-order valence-corrected chi connectivity index (χ3v) is 5.13. The van der Waals surface area contributed by atoms with Crippen molar-refractivity contribution in [2.75, 3.05) is 20.1 Å². The van der Waals surface area contributed by atoms with E-state index < -0.39 is 6.04 Å². The van der Waals surface area contributed by atoms with Crippen LogP contribution < -0.4 is 5.56 Å². The fraction of sp³-hybridized carbons (Fsp3) is 0.632. The fourth-order valence-electron chi connectivity index (χ4n) is 3.58. The Bertz CT molecular complexity index is 723. The zero-order chi connectivity index (χ0) is 18.7. The molecule has 0 bridgehead atoms. The summed E-state index contributed by atoms with van der Waals surface area (Å²) in [4.78, 5) is 41.6. The summed E-state index contributed by atoms with van der Waals surface area (Å²) in [6.45, 7) is 6.93. The molecule has 0 aromatic carbocycles. The van der Waals surface area contributed by atoms with Crippen molar-refractivity contribution >= 4 is 11.8 Å². The highest BCUT2D eigenvalue weighted by Gasteiger charge is 2.36. The Morgan fingerprint density at radius 2 is 1.88 bits per heavy atom. The van der Waals surface area contributed by atoms with Crippen LogP contribution in [-0.2, 0) is 18.3 Å². The molecule has 0 unspecified atom stereocenters. The number of carbonyl (C=O) groups is 2. The van der Waals surface area contributed by atoms with Crippen LogP contribution in [0.25, 0.3) is 0 Å². The summed E-state index contributed by atoms with van der Waals surface area (Å²) in [5.74, 6) is -0.360. The highest BCUT2D eigenvalue weighted by atomic mass is 16.2. The van der Waals surface area contributed by atoms with Gasteiger partial charge in [-0.25, -0.2) is 0 Å². The van der Waals surface area contributed by atoms with Crippen LogP contribution in [0.4, 0.5) is 0 Å². The van der Waals surface area contributed by atoms with Gasteiger partial charge in [-0.1, -0.05) is 26.7 Å². The van der Waals surface area contributed by atoms with Gasteiger partial charge in [-0.3, -0.25) is 14.4 Å². The number of rotatable bonds is 5. The minimum atomic E-state index is -0.470. The van der Waals surface area contributed by atoms with Crippen LogP contribution in [0.5, 0.6) is 0 Å². The van der Waals surface area contributed by atoms with Crippen LogP contribution >= 0.6 is 0 Å². The number of piperazine rings is 1. The lowest BCUT2D eigenvalue weighted by molar-refractivity contribution is -0.138. The van der Waals surface area contributed by atoms with E-state index in [-0.39, 0.29) is 22.9 Å². The summed E-state index contributed by atoms with van der Waals surface area (Å²) in [5, 5.41) is 0. The van der Waals surface area contributed by atoms with Crippen molar-refractivity contribution in [2.24, 2.45) is 7.05 Å². The Balaban J connectivity index is 2.41. The van der Waals surface area contributed by atoms with Gasteiger partial charge in [-0.15, -0.1) is 0 Å². The zero-order valence-electron chi connectivity index (χ0n) is 16.0. The van der Waals surface area contributed by atoms with Gasteiger partial charge in [-0.05, 0) is 31.4 Å². The van der Waals surface area contributed by atoms with E-state index in [0.717, 1.165) is 30.5 Å². The van der Waals surface area contributed by atoms with E-state index >= 15 is 0 Å². The number of pyridine rings is 1. The molecule has 0 saturated carbocycles. The Labute approximate surface area is 149 Å². The molecule has 1 atom stereocenters. The fourth-order valence-corrected chi connectivity index (χ4v) is 3.58. The zero-order valence-corrected chi connectivity index (χ0v) is 16.0. The van der Waals surface area contributed by atoms with Crippen LogP contribution in [0.3, 0.4) is 0 Å². The van der Waals surface area contributed by atoms with Crippen molar-refractivity contribution in [1.82, 2.24) is 14.4 Å². The molecule has 0 N–H and O–H groups in total. The van der Waals surface area contributed by atoms with Crippen molar-refractivity contribution in [3.63, 3.8) is 0 Å². The summed E-state index contributed by atoms with van der Waals surface area (Å²) < 4.78 is 1.56. The molecule has 0 spiro atoms. The summed E-state index contributed by atoms with van der Waals surface area (Å²) in [6.07, 6.45) is 3.21. The van der Waals surface area contributed by atoms with Gasteiger partial charge in [0.05, 0.1) is 0 Å². The maximum absolute atomic E-state index is 13.1. The minimum absolute atomic E-state index is 0.0354. The Morgan fingerprint density at radius 3 is 2.48 bits per heavy atom. The number of unbranched alkanes of at least 4 members (excludes halogenated alkanes) is 1. The third-order valence-electron chi connectivity index (χ3n) is 5.13. The van der Waals surface area contributed by atoms with E-state index in [1.807, 2.05) is 13.8 Å². The van der Waals surface area contributed by atoms with Crippen LogP contribution in [0.1, 0.15) is 54.7 Å². The molecule has 6 heteroatoms. The van der Waals surface area contributed by atoms with Gasteiger partial charge in [0.25, 0.3) is 11.5 Å². The third kappa shape index (κ3) is 3.62. The lowest BCUT2D eigenvalue weighted by Gasteiger charge is -2.39. The minimum Gasteiger partial charge on any atom is -0.342 e. The van der Waals surface area contributed by atoms with Crippen molar-refractivity contribution in [3.8, 4) is 0 Å². The van der Waals surface area contributed by atoms with E-state index in [1.165, 1.54) is 0 Å². The summed E-state index contributed by atoms with van der Waals surface area (Å²) >= 11 is 0. The molecule has 25 heavy (non-hydrogen) atoms. The molecule has 1 aromatic heterocycles. The van der Waals surface area contributed by atoms with Gasteiger partial charge in [0.2, 0.25) is 5.91 Å². The second kappa shape index (κ2) is 7.85. The van der Waals surface area contributed by atoms with E-state index in [2.05, 4.69) is 6.92 Å². The molecule has 138 valence electrons. The highest BCUT2D eigenvalue weighted by Crippen LogP contribution is 2.19. The average Bonchev–Trinajstić information content (AvgIpc) is 2.59. The Kier molecular flexibility index (Phi) is 6.03. The number of carbonyl (C=O) groups excluding carboxylic acids is 2. The molecular weight excluding hydrogens is 318 g/mol. The summed E-state index contributed by atoms with van der Waals surface area (Å²) in [7, 11) is 3.47. The smallest absolute Gasteiger partial charge is 0.263 e. The Morgan fingerprint density at radius 1 is 1.20 bits per heavy atom. The van der Waals surface area contributed by atoms with Gasteiger partial charge >= 0.3 is 0 Å². The topological polar surface area (TPSA) is 62.6 Å². The van der Waals surface area contributed by atoms with Gasteiger partial charge < -0.3 is 14.4 Å². The number of amides is 2. The molecule has 2 heterocycles. The van der Waals surface area contributed by atoms with E-state index in [9.17, 15) is 14.4 Å². The first-order chi connectivity index (χ1) is 11.8. The van der Waals surface area contributed by atoms with Crippen LogP contribution in [0.2, 0.25) is 0 Å². The number of hydrogen-bond acceptors (Lipinski definition) is 3. The summed E-state index contributed by atoms with van der Waals surface area (Å²) in [5.41, 5.74) is 1.74. The average molecular weight is 347 g/mol. The number of hydrogen-bond donors (Lipinski definition) is 0. The molecule has 1 fully saturated rings. The first-order valence-corrected chi connectivity index (χ1v) is 9.08. The number of aromatic nitrogens is 1. The molecule has 0 aliphatic carbocycles. The van der Waals surface area contributed by atoms with Gasteiger partial charge in [0.15, 0.2) is 0 Å². The molecule has 1 aromatic rings. The number of nitrogens with zero attached hydrogens (tertiary/aromatic N) is 3. The van der Waals surface area contributed by atoms with Crippen molar-refractivity contribution in [1.29, 1.82) is 0 Å². The van der Waals surface area contributed by atoms with Gasteiger partial charge in [-0.2, -0.15) is 0 Å². The van der Waals surface area contributed by atoms with Gasteiger partial charge in [0, 0.05) is 32.9 Å². The number of likely N-dealkylation sites (N-methyl/N-ethyl adjacent to an activating group) is 1. The van der Waals surface area contributed by atoms with Crippen molar-refractivity contribution in [3.05, 3.63) is 33.2 Å². The van der Waals surface area contributed by atoms with Crippen LogP contribution in [0.15, 0.2) is 10.9 Å². The van der Waals surface area contributed by atoms with E-state index in [4.69, 9.17) is 0 Å². The predicted molar refractivity (Wildman–Crippen MR) is 97.8 cm³/mol. The molecule has 1 aliphatic heterocycles. The molecule has 0 radical (unpaired) electrons. The number of aryl methyl sites for hydroxylation is 1. The van der Waals surface area contributed by atoms with Crippen molar-refractivity contribution < 1.29 is 9.59 Å². The quantitative estimate of drug-likeness (QED) is 0.815. The monoisotopic (exact) mass is 347 g/mol. The molecule has 2 amide bonds. The van der Waals surface area contributed by atoms with Gasteiger partial charge in [0.1, 0.15) is 11.6 Å². The second-order valence-electron chi connectivity index (χ2n) is 6.82. The predicted octanol–water partition coefficient (Wildman–Crippen LogP) is 1.73. The second-order valence-corrected chi connectivity index (χ2v) is 6.82. The van der Waals surface area contributed by atoms with Crippen LogP contribution in [-0.4, -0.2) is 52.4 Å². The molecule has 1 saturated heterocycles. The molecular formula is C19H29N3O3. The standard InChI is InChI=1S/C19H29N3O3/c1-6-8-9-16-19(25)20(4)10-11-22(16)18(24)14-12-13(3)15(7-2)21(5)17(14)23/h12,16H,6-11H2,1-5H3/t16-/m1/s1. The van der Waals surface area contributed by atoms with Crippen molar-refractivity contribution in [2.45, 2.75) is 52.5 Å². The molecule has 6 nitrogen and oxygen atoms in total. The maximum Gasteiger partial charge on any atom is 0.263 e. The molecule has 1 aliphatic rings. The normalized spacial score (nSPS) is 18.0. The lowest BCUT2D eigenvalue weighted by atomic mass is 10.0. The van der Waals surface area contributed by atoms with Crippen LogP contribution in [0, 0.1) is 6.92 Å². The largest absolute Gasteiger partial charge is 0.342 e. The molecule has 2 rings (SSSR count). The first-order valence-electron chi connectivity index (χ1n) is 9.08. The van der Waals surface area contributed by atoms with E-state index in [1.54, 1.807) is 34.5 Å². The maximum atomic E-state index is 13.1. The Hall–Kier alpha value is -2.11. The summed E-state index contributed by atoms with van der Waals surface area (Å²) in [6, 6.07) is 1.21. The SMILES string of the molecule is CCCC[C@@H]1C(=O)N(C)CCN1C(=O)c1cc(C)c(CC)n(C)c1=O. The highest BCUT2D eigenvalue weighted by molar-refractivity contribution is 5.98. The van der Waals surface area contributed by atoms with E-state index in [0.29, 0.717) is 19.5 Å². The first kappa shape index (κ1) is 19.2. The lowest BCUT2D eigenvalue weighted by Crippen LogP contribution is -2.58.